The monoisotopic (exact) mass is 541 g/mol. The number of ether oxygens (including phenoxy) is 1. The lowest BCUT2D eigenvalue weighted by Gasteiger charge is -2.22. The van der Waals surface area contributed by atoms with E-state index in [1.165, 1.54) is 0 Å². The highest BCUT2D eigenvalue weighted by molar-refractivity contribution is 14.0. The standard InChI is InChI=1S/C21H24ClN5O2.HI/c1-23-21(27(2)14-16-7-4-5-10-18(16)28-3)24-12-11-19-25-20(26-29-19)15-8-6-9-17(22)13-15;/h4-10,13H,11-12,14H2,1-3H3,(H,23,24);1H. The average molecular weight is 542 g/mol. The third-order valence-electron chi connectivity index (χ3n) is 4.35. The molecule has 2 aromatic carbocycles. The zero-order chi connectivity index (χ0) is 20.6. The number of para-hydroxylation sites is 1. The number of guanidine groups is 1. The third kappa shape index (κ3) is 6.33. The number of benzene rings is 2. The maximum atomic E-state index is 6.02. The first kappa shape index (κ1) is 23.9. The van der Waals surface area contributed by atoms with E-state index < -0.39 is 0 Å². The Kier molecular flexibility index (Phi) is 9.38. The van der Waals surface area contributed by atoms with Crippen LogP contribution in [0.4, 0.5) is 0 Å². The summed E-state index contributed by atoms with van der Waals surface area (Å²) in [6.45, 7) is 1.28. The molecule has 3 rings (SSSR count). The summed E-state index contributed by atoms with van der Waals surface area (Å²) >= 11 is 6.02. The summed E-state index contributed by atoms with van der Waals surface area (Å²) in [6.07, 6.45) is 0.578. The van der Waals surface area contributed by atoms with Crippen LogP contribution in [-0.2, 0) is 13.0 Å². The number of halogens is 2. The lowest BCUT2D eigenvalue weighted by atomic mass is 10.2. The minimum Gasteiger partial charge on any atom is -0.496 e. The third-order valence-corrected chi connectivity index (χ3v) is 4.58. The van der Waals surface area contributed by atoms with Gasteiger partial charge in [-0.25, -0.2) is 0 Å². The number of hydrogen-bond acceptors (Lipinski definition) is 5. The highest BCUT2D eigenvalue weighted by atomic mass is 127. The molecule has 0 saturated carbocycles. The number of nitrogens with zero attached hydrogens (tertiary/aromatic N) is 4. The van der Waals surface area contributed by atoms with Crippen molar-refractivity contribution in [2.45, 2.75) is 13.0 Å². The zero-order valence-corrected chi connectivity index (χ0v) is 20.2. The predicted octanol–water partition coefficient (Wildman–Crippen LogP) is 4.27. The van der Waals surface area contributed by atoms with Gasteiger partial charge >= 0.3 is 0 Å². The van der Waals surface area contributed by atoms with Crippen molar-refractivity contribution in [2.24, 2.45) is 4.99 Å². The molecule has 1 aromatic heterocycles. The number of aromatic nitrogens is 2. The van der Waals surface area contributed by atoms with E-state index in [0.29, 0.717) is 36.2 Å². The van der Waals surface area contributed by atoms with Crippen molar-refractivity contribution < 1.29 is 9.26 Å². The van der Waals surface area contributed by atoms with E-state index in [9.17, 15) is 0 Å². The minimum atomic E-state index is 0. The second-order valence-electron chi connectivity index (χ2n) is 6.41. The number of hydrogen-bond donors (Lipinski definition) is 1. The molecule has 3 aromatic rings. The van der Waals surface area contributed by atoms with E-state index in [1.54, 1.807) is 14.2 Å². The Hall–Kier alpha value is -2.33. The van der Waals surface area contributed by atoms with Crippen LogP contribution in [-0.4, -0.2) is 48.8 Å². The Morgan fingerprint density at radius 2 is 2.03 bits per heavy atom. The van der Waals surface area contributed by atoms with Gasteiger partial charge in [0.25, 0.3) is 0 Å². The van der Waals surface area contributed by atoms with Crippen molar-refractivity contribution in [3.8, 4) is 17.1 Å². The van der Waals surface area contributed by atoms with Gasteiger partial charge in [0.05, 0.1) is 7.11 Å². The largest absolute Gasteiger partial charge is 0.496 e. The molecule has 0 unspecified atom stereocenters. The topological polar surface area (TPSA) is 75.8 Å². The van der Waals surface area contributed by atoms with Gasteiger partial charge in [0.15, 0.2) is 5.96 Å². The average Bonchev–Trinajstić information content (AvgIpc) is 3.20. The van der Waals surface area contributed by atoms with Crippen LogP contribution in [0.15, 0.2) is 58.0 Å². The SMILES string of the molecule is CN=C(NCCc1nc(-c2cccc(Cl)c2)no1)N(C)Cc1ccccc1OC.I. The molecule has 0 aliphatic rings. The zero-order valence-electron chi connectivity index (χ0n) is 17.1. The van der Waals surface area contributed by atoms with Gasteiger partial charge in [-0.15, -0.1) is 24.0 Å². The highest BCUT2D eigenvalue weighted by Crippen LogP contribution is 2.20. The summed E-state index contributed by atoms with van der Waals surface area (Å²) in [5.41, 5.74) is 1.91. The predicted molar refractivity (Wildman–Crippen MR) is 130 cm³/mol. The lowest BCUT2D eigenvalue weighted by molar-refractivity contribution is 0.376. The molecule has 30 heavy (non-hydrogen) atoms. The molecule has 160 valence electrons. The molecule has 0 aliphatic carbocycles. The first-order valence-corrected chi connectivity index (χ1v) is 9.60. The molecular formula is C21H25ClIN5O2. The van der Waals surface area contributed by atoms with Gasteiger partial charge in [0, 0.05) is 49.8 Å². The summed E-state index contributed by atoms with van der Waals surface area (Å²) in [4.78, 5) is 10.8. The summed E-state index contributed by atoms with van der Waals surface area (Å²) in [5, 5.41) is 7.98. The Bertz CT molecular complexity index is 979. The van der Waals surface area contributed by atoms with E-state index in [1.807, 2.05) is 60.5 Å². The summed E-state index contributed by atoms with van der Waals surface area (Å²) < 4.78 is 10.8. The van der Waals surface area contributed by atoms with Gasteiger partial charge in [-0.05, 0) is 18.2 Å². The first-order chi connectivity index (χ1) is 14.1. The first-order valence-electron chi connectivity index (χ1n) is 9.23. The van der Waals surface area contributed by atoms with Crippen molar-refractivity contribution in [3.63, 3.8) is 0 Å². The van der Waals surface area contributed by atoms with Crippen LogP contribution < -0.4 is 10.1 Å². The number of aliphatic imine (C=N–C) groups is 1. The second kappa shape index (κ2) is 11.8. The Balaban J connectivity index is 0.00000320. The minimum absolute atomic E-state index is 0. The molecule has 0 saturated heterocycles. The van der Waals surface area contributed by atoms with Crippen LogP contribution >= 0.6 is 35.6 Å². The lowest BCUT2D eigenvalue weighted by Crippen LogP contribution is -2.39. The van der Waals surface area contributed by atoms with Gasteiger partial charge in [0.1, 0.15) is 5.75 Å². The van der Waals surface area contributed by atoms with Crippen LogP contribution in [0.2, 0.25) is 5.02 Å². The van der Waals surface area contributed by atoms with E-state index in [4.69, 9.17) is 20.9 Å². The molecule has 7 nitrogen and oxygen atoms in total. The number of rotatable bonds is 7. The molecule has 1 heterocycles. The smallest absolute Gasteiger partial charge is 0.228 e. The van der Waals surface area contributed by atoms with Crippen LogP contribution in [0.1, 0.15) is 11.5 Å². The van der Waals surface area contributed by atoms with Crippen molar-refractivity contribution >= 4 is 41.5 Å². The quantitative estimate of drug-likeness (QED) is 0.274. The molecule has 0 spiro atoms. The fourth-order valence-electron chi connectivity index (χ4n) is 2.93. The maximum absolute atomic E-state index is 6.02. The van der Waals surface area contributed by atoms with Gasteiger partial charge < -0.3 is 19.5 Å². The molecule has 9 heteroatoms. The molecule has 0 fully saturated rings. The van der Waals surface area contributed by atoms with Gasteiger partial charge in [-0.3, -0.25) is 4.99 Å². The fraction of sp³-hybridized carbons (Fsp3) is 0.286. The highest BCUT2D eigenvalue weighted by Gasteiger charge is 2.12. The van der Waals surface area contributed by atoms with E-state index in [2.05, 4.69) is 20.4 Å². The Morgan fingerprint density at radius 3 is 2.77 bits per heavy atom. The van der Waals surface area contributed by atoms with Crippen molar-refractivity contribution in [1.82, 2.24) is 20.4 Å². The van der Waals surface area contributed by atoms with Crippen LogP contribution in [0.3, 0.4) is 0 Å². The normalized spacial score (nSPS) is 11.0. The fourth-order valence-corrected chi connectivity index (χ4v) is 3.12. The van der Waals surface area contributed by atoms with Gasteiger partial charge in [-0.1, -0.05) is 47.1 Å². The van der Waals surface area contributed by atoms with Crippen molar-refractivity contribution in [1.29, 1.82) is 0 Å². The van der Waals surface area contributed by atoms with Gasteiger partial charge in [-0.2, -0.15) is 4.98 Å². The molecule has 0 atom stereocenters. The molecule has 0 aliphatic heterocycles. The summed E-state index contributed by atoms with van der Waals surface area (Å²) in [7, 11) is 5.41. The Labute approximate surface area is 198 Å². The van der Waals surface area contributed by atoms with E-state index in [0.717, 1.165) is 22.8 Å². The molecule has 0 amide bonds. The van der Waals surface area contributed by atoms with Crippen LogP contribution in [0.25, 0.3) is 11.4 Å². The van der Waals surface area contributed by atoms with Crippen LogP contribution in [0.5, 0.6) is 5.75 Å². The number of nitrogens with one attached hydrogen (secondary N) is 1. The Morgan fingerprint density at radius 1 is 1.23 bits per heavy atom. The van der Waals surface area contributed by atoms with Gasteiger partial charge in [0.2, 0.25) is 11.7 Å². The summed E-state index contributed by atoms with van der Waals surface area (Å²) in [6, 6.07) is 15.3. The molecular weight excluding hydrogens is 517 g/mol. The van der Waals surface area contributed by atoms with E-state index >= 15 is 0 Å². The summed E-state index contributed by atoms with van der Waals surface area (Å²) in [5.74, 6) is 2.70. The number of methoxy groups -OCH3 is 1. The van der Waals surface area contributed by atoms with E-state index in [-0.39, 0.29) is 24.0 Å². The van der Waals surface area contributed by atoms with Crippen molar-refractivity contribution in [3.05, 3.63) is 65.0 Å². The van der Waals surface area contributed by atoms with Crippen LogP contribution in [0, 0.1) is 0 Å². The molecule has 0 radical (unpaired) electrons. The molecule has 0 bridgehead atoms. The van der Waals surface area contributed by atoms with Crippen molar-refractivity contribution in [2.75, 3.05) is 27.7 Å². The second-order valence-corrected chi connectivity index (χ2v) is 6.85. The molecule has 1 N–H and O–H groups in total. The maximum Gasteiger partial charge on any atom is 0.228 e.